The summed E-state index contributed by atoms with van der Waals surface area (Å²) in [7, 11) is 0. The first-order valence-corrected chi connectivity index (χ1v) is 12.1. The predicted molar refractivity (Wildman–Crippen MR) is 140 cm³/mol. The number of imide groups is 1. The van der Waals surface area contributed by atoms with E-state index in [1.54, 1.807) is 36.4 Å². The van der Waals surface area contributed by atoms with E-state index in [-0.39, 0.29) is 10.5 Å². The van der Waals surface area contributed by atoms with Crippen LogP contribution in [0.5, 0.6) is 0 Å². The molecule has 8 nitrogen and oxygen atoms in total. The van der Waals surface area contributed by atoms with E-state index in [2.05, 4.69) is 5.32 Å². The Bertz CT molecular complexity index is 1440. The van der Waals surface area contributed by atoms with Gasteiger partial charge in [0.2, 0.25) is 5.91 Å². The first kappa shape index (κ1) is 25.3. The maximum atomic E-state index is 13.0. The van der Waals surface area contributed by atoms with Crippen LogP contribution in [0.4, 0.5) is 10.5 Å². The van der Waals surface area contributed by atoms with Gasteiger partial charge in [-0.2, -0.15) is 0 Å². The minimum atomic E-state index is -1.00. The first-order valence-electron chi connectivity index (χ1n) is 10.9. The summed E-state index contributed by atoms with van der Waals surface area (Å²) in [6, 6.07) is 13.4. The van der Waals surface area contributed by atoms with Crippen LogP contribution in [0.3, 0.4) is 0 Å². The van der Waals surface area contributed by atoms with Crippen LogP contribution in [0.2, 0.25) is 5.02 Å². The van der Waals surface area contributed by atoms with E-state index in [1.165, 1.54) is 12.1 Å². The van der Waals surface area contributed by atoms with Crippen molar-refractivity contribution in [3.05, 3.63) is 86.5 Å². The van der Waals surface area contributed by atoms with Gasteiger partial charge >= 0.3 is 5.97 Å². The van der Waals surface area contributed by atoms with Gasteiger partial charge in [0.05, 0.1) is 10.5 Å². The molecule has 3 aromatic rings. The molecule has 0 unspecified atom stereocenters. The number of hydrogen-bond donors (Lipinski definition) is 2. The van der Waals surface area contributed by atoms with Crippen molar-refractivity contribution in [1.29, 1.82) is 0 Å². The Morgan fingerprint density at radius 2 is 1.75 bits per heavy atom. The summed E-state index contributed by atoms with van der Waals surface area (Å²) < 4.78 is 1.93. The first-order chi connectivity index (χ1) is 17.0. The molecule has 2 heterocycles. The van der Waals surface area contributed by atoms with Crippen LogP contribution < -0.4 is 5.32 Å². The van der Waals surface area contributed by atoms with Crippen molar-refractivity contribution in [2.75, 3.05) is 11.9 Å². The molecule has 2 aromatic carbocycles. The highest BCUT2D eigenvalue weighted by atomic mass is 35.5. The third kappa shape index (κ3) is 5.07. The molecule has 0 atom stereocenters. The highest BCUT2D eigenvalue weighted by molar-refractivity contribution is 8.18. The standard InChI is InChI=1S/C26H22ClN3O5S/c1-14-4-7-19(27)12-21(14)28-23(31)13-29-24(32)22(36-26(29)35)11-18-10-15(2)30(16(18)3)20-8-5-17(6-9-20)25(33)34/h4-12H,13H2,1-3H3,(H,28,31)(H,33,34)/b22-11+. The molecular weight excluding hydrogens is 502 g/mol. The van der Waals surface area contributed by atoms with E-state index >= 15 is 0 Å². The van der Waals surface area contributed by atoms with E-state index in [1.807, 2.05) is 31.4 Å². The second-order valence-electron chi connectivity index (χ2n) is 8.29. The summed E-state index contributed by atoms with van der Waals surface area (Å²) >= 11 is 6.77. The molecule has 2 N–H and O–H groups in total. The normalized spacial score (nSPS) is 14.6. The number of aryl methyl sites for hydroxylation is 2. The number of benzene rings is 2. The molecule has 0 saturated carbocycles. The number of halogens is 1. The van der Waals surface area contributed by atoms with E-state index < -0.39 is 29.6 Å². The van der Waals surface area contributed by atoms with Gasteiger partial charge in [-0.25, -0.2) is 4.79 Å². The lowest BCUT2D eigenvalue weighted by molar-refractivity contribution is -0.127. The number of carbonyl (C=O) groups is 4. The SMILES string of the molecule is Cc1ccc(Cl)cc1NC(=O)CN1C(=O)S/C(=C/c2cc(C)n(-c3ccc(C(=O)O)cc3)c2C)C1=O. The molecule has 3 amide bonds. The number of nitrogens with one attached hydrogen (secondary N) is 1. The molecule has 0 radical (unpaired) electrons. The lowest BCUT2D eigenvalue weighted by Crippen LogP contribution is -2.36. The number of aromatic carboxylic acids is 1. The molecule has 1 aliphatic rings. The molecule has 0 spiro atoms. The minimum Gasteiger partial charge on any atom is -0.478 e. The monoisotopic (exact) mass is 523 g/mol. The number of aromatic nitrogens is 1. The molecular formula is C26H22ClN3O5S. The van der Waals surface area contributed by atoms with Gasteiger partial charge in [-0.3, -0.25) is 19.3 Å². The van der Waals surface area contributed by atoms with Crippen LogP contribution in [-0.2, 0) is 9.59 Å². The molecule has 1 saturated heterocycles. The summed E-state index contributed by atoms with van der Waals surface area (Å²) in [5.41, 5.74) is 4.70. The number of thioether (sulfide) groups is 1. The lowest BCUT2D eigenvalue weighted by atomic mass is 10.2. The average molecular weight is 524 g/mol. The maximum absolute atomic E-state index is 13.0. The zero-order chi connectivity index (χ0) is 26.1. The number of carboxylic acids is 1. The van der Waals surface area contributed by atoms with Crippen LogP contribution in [0.1, 0.15) is 32.9 Å². The van der Waals surface area contributed by atoms with Gasteiger partial charge in [-0.05, 0) is 92.2 Å². The third-order valence-corrected chi connectivity index (χ3v) is 6.92. The highest BCUT2D eigenvalue weighted by Gasteiger charge is 2.36. The van der Waals surface area contributed by atoms with Crippen LogP contribution in [0, 0.1) is 20.8 Å². The van der Waals surface area contributed by atoms with E-state index in [0.717, 1.165) is 44.9 Å². The topological polar surface area (TPSA) is 109 Å². The van der Waals surface area contributed by atoms with Gasteiger partial charge in [0.1, 0.15) is 6.54 Å². The van der Waals surface area contributed by atoms with Crippen molar-refractivity contribution >= 4 is 58.1 Å². The van der Waals surface area contributed by atoms with E-state index in [4.69, 9.17) is 16.7 Å². The number of nitrogens with zero attached hydrogens (tertiary/aromatic N) is 2. The van der Waals surface area contributed by atoms with Gasteiger partial charge in [0.15, 0.2) is 0 Å². The summed E-state index contributed by atoms with van der Waals surface area (Å²) in [5, 5.41) is 11.8. The summed E-state index contributed by atoms with van der Waals surface area (Å²) in [6.45, 7) is 5.16. The van der Waals surface area contributed by atoms with Crippen molar-refractivity contribution in [1.82, 2.24) is 9.47 Å². The minimum absolute atomic E-state index is 0.185. The molecule has 184 valence electrons. The average Bonchev–Trinajstić information content (AvgIpc) is 3.25. The number of hydrogen-bond acceptors (Lipinski definition) is 5. The fourth-order valence-corrected chi connectivity index (χ4v) is 4.93. The highest BCUT2D eigenvalue weighted by Crippen LogP contribution is 2.34. The van der Waals surface area contributed by atoms with Crippen molar-refractivity contribution in [2.45, 2.75) is 20.8 Å². The molecule has 4 rings (SSSR count). The van der Waals surface area contributed by atoms with Gasteiger partial charge < -0.3 is 15.0 Å². The van der Waals surface area contributed by atoms with Gasteiger partial charge in [0, 0.05) is 27.8 Å². The van der Waals surface area contributed by atoms with Crippen molar-refractivity contribution in [2.24, 2.45) is 0 Å². The predicted octanol–water partition coefficient (Wildman–Crippen LogP) is 5.43. The van der Waals surface area contributed by atoms with Crippen molar-refractivity contribution < 1.29 is 24.3 Å². The number of carbonyl (C=O) groups excluding carboxylic acids is 3. The number of carboxylic acid groups (broad SMARTS) is 1. The smallest absolute Gasteiger partial charge is 0.335 e. The molecule has 1 aromatic heterocycles. The third-order valence-electron chi connectivity index (χ3n) is 5.78. The molecule has 36 heavy (non-hydrogen) atoms. The Kier molecular flexibility index (Phi) is 7.05. The van der Waals surface area contributed by atoms with Crippen molar-refractivity contribution in [3.63, 3.8) is 0 Å². The van der Waals surface area contributed by atoms with Crippen LogP contribution in [0.25, 0.3) is 11.8 Å². The Balaban J connectivity index is 1.53. The number of anilines is 1. The Hall–Kier alpha value is -3.82. The fraction of sp³-hybridized carbons (Fsp3) is 0.154. The number of rotatable bonds is 6. The number of amides is 3. The second-order valence-corrected chi connectivity index (χ2v) is 9.72. The lowest BCUT2D eigenvalue weighted by Gasteiger charge is -2.13. The Morgan fingerprint density at radius 1 is 1.06 bits per heavy atom. The molecule has 1 fully saturated rings. The quantitative estimate of drug-likeness (QED) is 0.417. The summed E-state index contributed by atoms with van der Waals surface area (Å²) in [4.78, 5) is 50.3. The van der Waals surface area contributed by atoms with Crippen molar-refractivity contribution in [3.8, 4) is 5.69 Å². The zero-order valence-corrected chi connectivity index (χ0v) is 21.2. The summed E-state index contributed by atoms with van der Waals surface area (Å²) in [6.07, 6.45) is 1.63. The van der Waals surface area contributed by atoms with Gasteiger partial charge in [-0.1, -0.05) is 17.7 Å². The molecule has 0 aliphatic carbocycles. The van der Waals surface area contributed by atoms with Crippen LogP contribution in [0.15, 0.2) is 53.4 Å². The van der Waals surface area contributed by atoms with Gasteiger partial charge in [0.25, 0.3) is 11.1 Å². The largest absolute Gasteiger partial charge is 0.478 e. The second kappa shape index (κ2) is 10.0. The fourth-order valence-electron chi connectivity index (χ4n) is 3.92. The summed E-state index contributed by atoms with van der Waals surface area (Å²) in [5.74, 6) is -2.05. The zero-order valence-electron chi connectivity index (χ0n) is 19.7. The molecule has 1 aliphatic heterocycles. The molecule has 0 bridgehead atoms. The van der Waals surface area contributed by atoms with Crippen LogP contribution >= 0.6 is 23.4 Å². The Morgan fingerprint density at radius 3 is 2.42 bits per heavy atom. The van der Waals surface area contributed by atoms with E-state index in [9.17, 15) is 19.2 Å². The van der Waals surface area contributed by atoms with E-state index in [0.29, 0.717) is 10.7 Å². The van der Waals surface area contributed by atoms with Crippen LogP contribution in [-0.4, -0.2) is 44.1 Å². The Labute approximate surface area is 216 Å². The van der Waals surface area contributed by atoms with Gasteiger partial charge in [-0.15, -0.1) is 0 Å². The molecule has 10 heteroatoms. The maximum Gasteiger partial charge on any atom is 0.335 e.